The molecule has 0 aromatic heterocycles. The van der Waals surface area contributed by atoms with Crippen LogP contribution in [0.4, 0.5) is 0 Å². The van der Waals surface area contributed by atoms with E-state index in [4.69, 9.17) is 4.74 Å². The lowest BCUT2D eigenvalue weighted by Gasteiger charge is -2.27. The highest BCUT2D eigenvalue weighted by Crippen LogP contribution is 2.24. The second kappa shape index (κ2) is 6.87. The quantitative estimate of drug-likeness (QED) is 0.800. The molecule has 0 aliphatic carbocycles. The van der Waals surface area contributed by atoms with Crippen LogP contribution in [0.15, 0.2) is 0 Å². The molecule has 116 valence electrons. The summed E-state index contributed by atoms with van der Waals surface area (Å²) in [4.78, 5) is 14.6. The van der Waals surface area contributed by atoms with Gasteiger partial charge in [0.25, 0.3) is 0 Å². The van der Waals surface area contributed by atoms with E-state index in [9.17, 15) is 9.90 Å². The van der Waals surface area contributed by atoms with Crippen molar-refractivity contribution in [1.82, 2.24) is 10.2 Å². The summed E-state index contributed by atoms with van der Waals surface area (Å²) in [5, 5.41) is 13.5. The minimum absolute atomic E-state index is 0.0652. The number of nitrogens with zero attached hydrogens (tertiary/aromatic N) is 1. The molecule has 0 spiro atoms. The molecule has 5 heteroatoms. The number of carbonyl (C=O) groups excluding carboxylic acids is 1. The summed E-state index contributed by atoms with van der Waals surface area (Å²) in [6.45, 7) is 7.47. The van der Waals surface area contributed by atoms with Crippen LogP contribution in [-0.2, 0) is 9.53 Å². The van der Waals surface area contributed by atoms with Crippen molar-refractivity contribution in [2.75, 3.05) is 32.8 Å². The van der Waals surface area contributed by atoms with Crippen molar-refractivity contribution in [2.45, 2.75) is 51.2 Å². The molecule has 0 saturated carbocycles. The van der Waals surface area contributed by atoms with E-state index < -0.39 is 5.60 Å². The number of rotatable bonds is 4. The number of hydrogen-bond acceptors (Lipinski definition) is 4. The molecule has 2 aliphatic rings. The molecule has 5 nitrogen and oxygen atoms in total. The first-order valence-corrected chi connectivity index (χ1v) is 7.86. The average Bonchev–Trinajstić information content (AvgIpc) is 2.79. The standard InChI is InChI=1S/C15H28N2O3/c1-3-7-16-13-11-20-10-12(13)14(18)17-8-4-5-15(2,19)6-9-17/h12-13,16,19H,3-11H2,1-2H3. The third-order valence-corrected chi connectivity index (χ3v) is 4.43. The zero-order chi connectivity index (χ0) is 14.6. The number of nitrogens with one attached hydrogen (secondary N) is 1. The molecule has 0 bridgehead atoms. The first-order chi connectivity index (χ1) is 9.53. The Morgan fingerprint density at radius 2 is 2.20 bits per heavy atom. The molecule has 2 fully saturated rings. The SMILES string of the molecule is CCCNC1COCC1C(=O)N1CCCC(C)(O)CC1. The minimum atomic E-state index is -0.624. The Kier molecular flexibility index (Phi) is 5.41. The fourth-order valence-electron chi connectivity index (χ4n) is 3.05. The summed E-state index contributed by atoms with van der Waals surface area (Å²) in [6, 6.07) is 0.145. The highest BCUT2D eigenvalue weighted by molar-refractivity contribution is 5.80. The van der Waals surface area contributed by atoms with Gasteiger partial charge in [-0.1, -0.05) is 6.92 Å². The highest BCUT2D eigenvalue weighted by Gasteiger charge is 2.37. The van der Waals surface area contributed by atoms with Crippen molar-refractivity contribution >= 4 is 5.91 Å². The van der Waals surface area contributed by atoms with Crippen molar-refractivity contribution in [3.63, 3.8) is 0 Å². The van der Waals surface area contributed by atoms with E-state index in [1.165, 1.54) is 0 Å². The van der Waals surface area contributed by atoms with E-state index in [1.54, 1.807) is 0 Å². The maximum absolute atomic E-state index is 12.7. The molecule has 2 rings (SSSR count). The third-order valence-electron chi connectivity index (χ3n) is 4.43. The lowest BCUT2D eigenvalue weighted by Crippen LogP contribution is -2.46. The molecular weight excluding hydrogens is 256 g/mol. The van der Waals surface area contributed by atoms with Crippen molar-refractivity contribution in [2.24, 2.45) is 5.92 Å². The molecule has 2 heterocycles. The summed E-state index contributed by atoms with van der Waals surface area (Å²) < 4.78 is 5.49. The average molecular weight is 284 g/mol. The zero-order valence-electron chi connectivity index (χ0n) is 12.7. The van der Waals surface area contributed by atoms with Crippen LogP contribution >= 0.6 is 0 Å². The normalized spacial score (nSPS) is 35.0. The van der Waals surface area contributed by atoms with Gasteiger partial charge in [-0.15, -0.1) is 0 Å². The summed E-state index contributed by atoms with van der Waals surface area (Å²) in [5.41, 5.74) is -0.624. The van der Waals surface area contributed by atoms with E-state index in [0.29, 0.717) is 26.2 Å². The van der Waals surface area contributed by atoms with Crippen LogP contribution in [0.1, 0.15) is 39.5 Å². The number of aliphatic hydroxyl groups is 1. The van der Waals surface area contributed by atoms with Gasteiger partial charge in [0, 0.05) is 19.1 Å². The van der Waals surface area contributed by atoms with Gasteiger partial charge in [-0.2, -0.15) is 0 Å². The molecule has 0 aromatic rings. The van der Waals surface area contributed by atoms with Gasteiger partial charge in [-0.05, 0) is 39.2 Å². The Balaban J connectivity index is 1.92. The van der Waals surface area contributed by atoms with Crippen LogP contribution in [-0.4, -0.2) is 60.4 Å². The van der Waals surface area contributed by atoms with Crippen molar-refractivity contribution in [3.8, 4) is 0 Å². The Labute approximate surface area is 121 Å². The number of hydrogen-bond donors (Lipinski definition) is 2. The van der Waals surface area contributed by atoms with Crippen LogP contribution in [0, 0.1) is 5.92 Å². The molecule has 3 unspecified atom stereocenters. The summed E-state index contributed by atoms with van der Waals surface area (Å²) in [7, 11) is 0. The Morgan fingerprint density at radius 3 is 2.95 bits per heavy atom. The second-order valence-corrected chi connectivity index (χ2v) is 6.38. The van der Waals surface area contributed by atoms with Gasteiger partial charge in [0.2, 0.25) is 5.91 Å². The fraction of sp³-hybridized carbons (Fsp3) is 0.933. The van der Waals surface area contributed by atoms with Gasteiger partial charge < -0.3 is 20.1 Å². The van der Waals surface area contributed by atoms with Crippen LogP contribution in [0.25, 0.3) is 0 Å². The predicted molar refractivity (Wildman–Crippen MR) is 77.4 cm³/mol. The Morgan fingerprint density at radius 1 is 1.40 bits per heavy atom. The molecular formula is C15H28N2O3. The van der Waals surface area contributed by atoms with Crippen molar-refractivity contribution < 1.29 is 14.6 Å². The molecule has 0 aromatic carbocycles. The maximum Gasteiger partial charge on any atom is 0.229 e. The maximum atomic E-state index is 12.7. The monoisotopic (exact) mass is 284 g/mol. The Bertz CT molecular complexity index is 333. The lowest BCUT2D eigenvalue weighted by atomic mass is 9.98. The predicted octanol–water partition coefficient (Wildman–Crippen LogP) is 0.764. The molecule has 2 N–H and O–H groups in total. The largest absolute Gasteiger partial charge is 0.390 e. The third kappa shape index (κ3) is 3.93. The highest BCUT2D eigenvalue weighted by atomic mass is 16.5. The fourth-order valence-corrected chi connectivity index (χ4v) is 3.05. The number of carbonyl (C=O) groups is 1. The van der Waals surface area contributed by atoms with E-state index in [0.717, 1.165) is 32.4 Å². The molecule has 3 atom stereocenters. The number of ether oxygens (including phenoxy) is 1. The van der Waals surface area contributed by atoms with Crippen molar-refractivity contribution in [3.05, 3.63) is 0 Å². The van der Waals surface area contributed by atoms with E-state index in [1.807, 2.05) is 11.8 Å². The minimum Gasteiger partial charge on any atom is -0.390 e. The van der Waals surface area contributed by atoms with Gasteiger partial charge in [0.05, 0.1) is 24.7 Å². The van der Waals surface area contributed by atoms with Crippen LogP contribution in [0.3, 0.4) is 0 Å². The smallest absolute Gasteiger partial charge is 0.229 e. The topological polar surface area (TPSA) is 61.8 Å². The van der Waals surface area contributed by atoms with Crippen molar-refractivity contribution in [1.29, 1.82) is 0 Å². The van der Waals surface area contributed by atoms with Gasteiger partial charge in [-0.3, -0.25) is 4.79 Å². The molecule has 20 heavy (non-hydrogen) atoms. The Hall–Kier alpha value is -0.650. The first-order valence-electron chi connectivity index (χ1n) is 7.86. The van der Waals surface area contributed by atoms with Gasteiger partial charge in [0.1, 0.15) is 0 Å². The van der Waals surface area contributed by atoms with E-state index in [2.05, 4.69) is 12.2 Å². The lowest BCUT2D eigenvalue weighted by molar-refractivity contribution is -0.136. The number of likely N-dealkylation sites (tertiary alicyclic amines) is 1. The van der Waals surface area contributed by atoms with E-state index in [-0.39, 0.29) is 17.9 Å². The molecule has 1 amide bonds. The van der Waals surface area contributed by atoms with E-state index >= 15 is 0 Å². The number of amides is 1. The van der Waals surface area contributed by atoms with Gasteiger partial charge in [0.15, 0.2) is 0 Å². The van der Waals surface area contributed by atoms with Crippen LogP contribution in [0.2, 0.25) is 0 Å². The molecule has 0 radical (unpaired) electrons. The zero-order valence-corrected chi connectivity index (χ0v) is 12.7. The van der Waals surface area contributed by atoms with Gasteiger partial charge >= 0.3 is 0 Å². The summed E-state index contributed by atoms with van der Waals surface area (Å²) >= 11 is 0. The molecule has 2 aliphatic heterocycles. The van der Waals surface area contributed by atoms with Crippen LogP contribution < -0.4 is 5.32 Å². The molecule has 2 saturated heterocycles. The van der Waals surface area contributed by atoms with Gasteiger partial charge in [-0.25, -0.2) is 0 Å². The summed E-state index contributed by atoms with van der Waals surface area (Å²) in [5.74, 6) is 0.124. The second-order valence-electron chi connectivity index (χ2n) is 6.38. The summed E-state index contributed by atoms with van der Waals surface area (Å²) in [6.07, 6.45) is 3.37. The van der Waals surface area contributed by atoms with Crippen LogP contribution in [0.5, 0.6) is 0 Å². The first kappa shape index (κ1) is 15.7.